The Morgan fingerprint density at radius 2 is 2.19 bits per heavy atom. The van der Waals surface area contributed by atoms with Crippen molar-refractivity contribution in [1.29, 1.82) is 0 Å². The number of aliphatic hydroxyl groups excluding tert-OH is 1. The molecule has 0 amide bonds. The molecule has 0 aliphatic rings. The minimum absolute atomic E-state index is 0. The summed E-state index contributed by atoms with van der Waals surface area (Å²) in [5.41, 5.74) is 6.17. The first-order chi connectivity index (χ1) is 7.08. The largest absolute Gasteiger partial charge is 0.492 e. The maximum atomic E-state index is 13.4. The second-order valence-electron chi connectivity index (χ2n) is 3.24. The topological polar surface area (TPSA) is 55.5 Å². The number of rotatable bonds is 4. The summed E-state index contributed by atoms with van der Waals surface area (Å²) in [5, 5.41) is 8.97. The first-order valence-corrected chi connectivity index (χ1v) is 4.84. The van der Waals surface area contributed by atoms with Crippen molar-refractivity contribution in [2.75, 3.05) is 13.7 Å². The summed E-state index contributed by atoms with van der Waals surface area (Å²) in [6, 6.07) is 2.48. The number of methoxy groups -OCH3 is 1. The Labute approximate surface area is 105 Å². The molecule has 16 heavy (non-hydrogen) atoms. The third-order valence-corrected chi connectivity index (χ3v) is 2.28. The predicted molar refractivity (Wildman–Crippen MR) is 64.0 cm³/mol. The summed E-state index contributed by atoms with van der Waals surface area (Å²) in [5.74, 6) is -0.497. The van der Waals surface area contributed by atoms with Crippen LogP contribution in [0.3, 0.4) is 0 Å². The molecule has 0 fully saturated rings. The zero-order chi connectivity index (χ0) is 11.4. The first kappa shape index (κ1) is 15.4. The molecule has 0 spiro atoms. The van der Waals surface area contributed by atoms with Gasteiger partial charge in [-0.05, 0) is 24.1 Å². The Morgan fingerprint density at radius 3 is 2.62 bits per heavy atom. The summed E-state index contributed by atoms with van der Waals surface area (Å²) in [6.07, 6.45) is 0.372. The van der Waals surface area contributed by atoms with E-state index in [4.69, 9.17) is 27.2 Å². The van der Waals surface area contributed by atoms with Gasteiger partial charge in [0.25, 0.3) is 0 Å². The number of nitrogens with two attached hydrogens (primary N) is 1. The highest BCUT2D eigenvalue weighted by atomic mass is 35.5. The molecule has 1 aromatic carbocycles. The summed E-state index contributed by atoms with van der Waals surface area (Å²) < 4.78 is 18.1. The number of halogens is 3. The van der Waals surface area contributed by atoms with Crippen LogP contribution in [-0.4, -0.2) is 24.9 Å². The lowest BCUT2D eigenvalue weighted by atomic mass is 10.1. The molecule has 0 aromatic heterocycles. The summed E-state index contributed by atoms with van der Waals surface area (Å²) in [7, 11) is 1.35. The van der Waals surface area contributed by atoms with Crippen molar-refractivity contribution in [1.82, 2.24) is 0 Å². The molecule has 1 aromatic rings. The molecule has 0 saturated carbocycles. The number of ether oxygens (including phenoxy) is 1. The quantitative estimate of drug-likeness (QED) is 0.876. The van der Waals surface area contributed by atoms with E-state index in [1.807, 2.05) is 0 Å². The maximum Gasteiger partial charge on any atom is 0.173 e. The molecule has 3 N–H and O–H groups in total. The molecule has 3 nitrogen and oxygen atoms in total. The Hall–Kier alpha value is -0.550. The summed E-state index contributed by atoms with van der Waals surface area (Å²) in [6.45, 7) is -0.148. The lowest BCUT2D eigenvalue weighted by Gasteiger charge is -2.10. The van der Waals surface area contributed by atoms with Gasteiger partial charge in [0, 0.05) is 6.04 Å². The van der Waals surface area contributed by atoms with Gasteiger partial charge >= 0.3 is 0 Å². The van der Waals surface area contributed by atoms with Gasteiger partial charge in [-0.3, -0.25) is 0 Å². The number of benzene rings is 1. The fraction of sp³-hybridized carbons (Fsp3) is 0.400. The average Bonchev–Trinajstić information content (AvgIpc) is 2.17. The van der Waals surface area contributed by atoms with Crippen LogP contribution in [0.4, 0.5) is 4.39 Å². The van der Waals surface area contributed by atoms with Gasteiger partial charge in [-0.25, -0.2) is 4.39 Å². The molecule has 0 aliphatic heterocycles. The Morgan fingerprint density at radius 1 is 1.56 bits per heavy atom. The fourth-order valence-electron chi connectivity index (χ4n) is 1.29. The highest BCUT2D eigenvalue weighted by Gasteiger charge is 2.11. The van der Waals surface area contributed by atoms with Gasteiger partial charge in [-0.1, -0.05) is 11.6 Å². The van der Waals surface area contributed by atoms with Gasteiger partial charge in [0.2, 0.25) is 0 Å². The van der Waals surface area contributed by atoms with Crippen LogP contribution in [0.25, 0.3) is 0 Å². The fourth-order valence-corrected chi connectivity index (χ4v) is 1.60. The third kappa shape index (κ3) is 3.79. The molecule has 0 bridgehead atoms. The number of aliphatic hydroxyl groups is 1. The molecule has 0 aliphatic carbocycles. The highest BCUT2D eigenvalue weighted by Crippen LogP contribution is 2.29. The van der Waals surface area contributed by atoms with E-state index in [1.165, 1.54) is 13.2 Å². The van der Waals surface area contributed by atoms with Gasteiger partial charge in [-0.15, -0.1) is 12.4 Å². The molecule has 1 rings (SSSR count). The standard InChI is InChI=1S/C10H13ClFNO2.ClH/c1-15-10-8(11)3-6(4-9(10)12)2-7(13)5-14;/h3-4,7,14H,2,5,13H2,1H3;1H. The second-order valence-corrected chi connectivity index (χ2v) is 3.65. The third-order valence-electron chi connectivity index (χ3n) is 1.99. The predicted octanol–water partition coefficient (Wildman–Crippen LogP) is 1.77. The molecular weight excluding hydrogens is 256 g/mol. The molecule has 0 saturated heterocycles. The lowest BCUT2D eigenvalue weighted by molar-refractivity contribution is 0.265. The van der Waals surface area contributed by atoms with E-state index in [0.29, 0.717) is 12.0 Å². The van der Waals surface area contributed by atoms with Crippen LogP contribution >= 0.6 is 24.0 Å². The summed E-state index contributed by atoms with van der Waals surface area (Å²) >= 11 is 5.79. The van der Waals surface area contributed by atoms with Crippen LogP contribution in [0.2, 0.25) is 5.02 Å². The van der Waals surface area contributed by atoms with Gasteiger partial charge in [0.1, 0.15) is 0 Å². The van der Waals surface area contributed by atoms with E-state index in [-0.39, 0.29) is 29.8 Å². The molecule has 92 valence electrons. The van der Waals surface area contributed by atoms with Crippen LogP contribution in [0, 0.1) is 5.82 Å². The number of hydrogen-bond donors (Lipinski definition) is 2. The zero-order valence-corrected chi connectivity index (χ0v) is 10.3. The number of hydrogen-bond acceptors (Lipinski definition) is 3. The van der Waals surface area contributed by atoms with E-state index >= 15 is 0 Å². The summed E-state index contributed by atoms with van der Waals surface area (Å²) in [4.78, 5) is 0. The van der Waals surface area contributed by atoms with Crippen molar-refractivity contribution < 1.29 is 14.2 Å². The van der Waals surface area contributed by atoms with E-state index in [1.54, 1.807) is 6.07 Å². The normalized spacial score (nSPS) is 11.8. The van der Waals surface area contributed by atoms with Crippen molar-refractivity contribution in [3.05, 3.63) is 28.5 Å². The van der Waals surface area contributed by atoms with Crippen LogP contribution < -0.4 is 10.5 Å². The lowest BCUT2D eigenvalue weighted by Crippen LogP contribution is -2.26. The Kier molecular flexibility index (Phi) is 6.67. The molecule has 6 heteroatoms. The van der Waals surface area contributed by atoms with E-state index in [9.17, 15) is 4.39 Å². The highest BCUT2D eigenvalue weighted by molar-refractivity contribution is 6.32. The molecular formula is C10H14Cl2FNO2. The zero-order valence-electron chi connectivity index (χ0n) is 8.74. The van der Waals surface area contributed by atoms with Crippen LogP contribution in [-0.2, 0) is 6.42 Å². The van der Waals surface area contributed by atoms with Crippen LogP contribution in [0.15, 0.2) is 12.1 Å². The monoisotopic (exact) mass is 269 g/mol. The smallest absolute Gasteiger partial charge is 0.173 e. The van der Waals surface area contributed by atoms with Gasteiger partial charge in [0.05, 0.1) is 18.7 Å². The first-order valence-electron chi connectivity index (χ1n) is 4.46. The van der Waals surface area contributed by atoms with Crippen molar-refractivity contribution in [3.63, 3.8) is 0 Å². The molecule has 0 heterocycles. The second kappa shape index (κ2) is 6.91. The van der Waals surface area contributed by atoms with E-state index in [2.05, 4.69) is 0 Å². The van der Waals surface area contributed by atoms with Crippen LogP contribution in [0.5, 0.6) is 5.75 Å². The van der Waals surface area contributed by atoms with Gasteiger partial charge < -0.3 is 15.6 Å². The van der Waals surface area contributed by atoms with E-state index < -0.39 is 11.9 Å². The van der Waals surface area contributed by atoms with Crippen molar-refractivity contribution in [2.24, 2.45) is 5.73 Å². The van der Waals surface area contributed by atoms with Crippen molar-refractivity contribution >= 4 is 24.0 Å². The molecule has 1 atom stereocenters. The minimum atomic E-state index is -0.523. The van der Waals surface area contributed by atoms with Crippen molar-refractivity contribution in [2.45, 2.75) is 12.5 Å². The van der Waals surface area contributed by atoms with Gasteiger partial charge in [0.15, 0.2) is 11.6 Å². The van der Waals surface area contributed by atoms with Gasteiger partial charge in [-0.2, -0.15) is 0 Å². The molecule has 0 radical (unpaired) electrons. The maximum absolute atomic E-state index is 13.4. The van der Waals surface area contributed by atoms with Crippen molar-refractivity contribution in [3.8, 4) is 5.75 Å². The van der Waals surface area contributed by atoms with E-state index in [0.717, 1.165) is 0 Å². The Bertz CT molecular complexity index is 327. The minimum Gasteiger partial charge on any atom is -0.492 e. The Balaban J connectivity index is 0.00000225. The SMILES string of the molecule is COc1c(F)cc(CC(N)CO)cc1Cl.Cl. The van der Waals surface area contributed by atoms with Crippen LogP contribution in [0.1, 0.15) is 5.56 Å². The molecule has 1 unspecified atom stereocenters. The average molecular weight is 270 g/mol.